The normalized spacial score (nSPS) is 35.0. The van der Waals surface area contributed by atoms with Gasteiger partial charge >= 0.3 is 0 Å². The van der Waals surface area contributed by atoms with E-state index in [-0.39, 0.29) is 5.92 Å². The highest BCUT2D eigenvalue weighted by Gasteiger charge is 2.42. The topological polar surface area (TPSA) is 35.9 Å². The van der Waals surface area contributed by atoms with Gasteiger partial charge in [-0.25, -0.2) is 0 Å². The number of hydrogen-bond acceptors (Lipinski definition) is 4. The molecule has 140 valence electrons. The molecule has 0 bridgehead atoms. The molecule has 1 aromatic carbocycles. The third-order valence-electron chi connectivity index (χ3n) is 6.20. The van der Waals surface area contributed by atoms with Crippen molar-refractivity contribution >= 4 is 0 Å². The number of hydrogen-bond donors (Lipinski definition) is 1. The van der Waals surface area contributed by atoms with Gasteiger partial charge in [-0.3, -0.25) is 9.80 Å². The molecule has 1 aromatic rings. The predicted octanol–water partition coefficient (Wildman–Crippen LogP) is 2.76. The molecule has 0 radical (unpaired) electrons. The maximum Gasteiger partial charge on any atom is 0.0845 e. The minimum atomic E-state index is -0.595. The van der Waals surface area contributed by atoms with Gasteiger partial charge in [0.1, 0.15) is 0 Å². The molecular weight excluding hydrogens is 312 g/mol. The van der Waals surface area contributed by atoms with Crippen LogP contribution in [-0.4, -0.2) is 65.4 Å². The fourth-order valence-corrected chi connectivity index (χ4v) is 4.42. The van der Waals surface area contributed by atoms with Crippen LogP contribution in [0.3, 0.4) is 0 Å². The largest absolute Gasteiger partial charge is 0.388 e. The molecule has 2 aliphatic heterocycles. The Labute approximate surface area is 152 Å². The fraction of sp³-hybridized carbons (Fsp3) is 0.714. The average molecular weight is 347 g/mol. The minimum Gasteiger partial charge on any atom is -0.388 e. The van der Waals surface area contributed by atoms with E-state index in [0.29, 0.717) is 25.3 Å². The zero-order valence-corrected chi connectivity index (χ0v) is 16.0. The summed E-state index contributed by atoms with van der Waals surface area (Å²) in [6.45, 7) is 12.0. The van der Waals surface area contributed by atoms with Gasteiger partial charge < -0.3 is 9.84 Å². The summed E-state index contributed by atoms with van der Waals surface area (Å²) in [5, 5.41) is 11.3. The summed E-state index contributed by atoms with van der Waals surface area (Å²) in [5.41, 5.74) is 0.784. The van der Waals surface area contributed by atoms with Gasteiger partial charge in [0.15, 0.2) is 0 Å². The first-order valence-electron chi connectivity index (χ1n) is 9.84. The molecule has 4 atom stereocenters. The van der Waals surface area contributed by atoms with E-state index in [1.807, 2.05) is 0 Å². The van der Waals surface area contributed by atoms with Gasteiger partial charge in [0, 0.05) is 57.2 Å². The van der Waals surface area contributed by atoms with Gasteiger partial charge in [-0.1, -0.05) is 37.3 Å². The monoisotopic (exact) mass is 346 g/mol. The number of rotatable bonds is 5. The van der Waals surface area contributed by atoms with Crippen LogP contribution in [-0.2, 0) is 11.3 Å². The molecule has 3 rings (SSSR count). The first-order chi connectivity index (χ1) is 12.0. The molecule has 0 aromatic heterocycles. The van der Waals surface area contributed by atoms with Crippen molar-refractivity contribution in [2.24, 2.45) is 5.92 Å². The molecule has 0 spiro atoms. The number of nitrogens with zero attached hydrogens (tertiary/aromatic N) is 2. The molecular formula is C21H34N2O2. The Balaban J connectivity index is 1.62. The first kappa shape index (κ1) is 18.8. The quantitative estimate of drug-likeness (QED) is 0.889. The lowest BCUT2D eigenvalue weighted by Crippen LogP contribution is -2.61. The van der Waals surface area contributed by atoms with Gasteiger partial charge in [0.25, 0.3) is 0 Å². The van der Waals surface area contributed by atoms with Crippen LogP contribution in [0.5, 0.6) is 0 Å². The summed E-state index contributed by atoms with van der Waals surface area (Å²) in [6.07, 6.45) is 1.74. The third kappa shape index (κ3) is 4.43. The van der Waals surface area contributed by atoms with Gasteiger partial charge in [-0.15, -0.1) is 0 Å². The van der Waals surface area contributed by atoms with Crippen LogP contribution in [0.25, 0.3) is 0 Å². The van der Waals surface area contributed by atoms with Crippen molar-refractivity contribution in [1.82, 2.24) is 9.80 Å². The first-order valence-corrected chi connectivity index (χ1v) is 9.84. The summed E-state index contributed by atoms with van der Waals surface area (Å²) >= 11 is 0. The maximum absolute atomic E-state index is 11.3. The highest BCUT2D eigenvalue weighted by molar-refractivity contribution is 5.15. The van der Waals surface area contributed by atoms with Gasteiger partial charge in [0.2, 0.25) is 0 Å². The lowest BCUT2D eigenvalue weighted by atomic mass is 9.81. The third-order valence-corrected chi connectivity index (χ3v) is 6.20. The Morgan fingerprint density at radius 1 is 1.12 bits per heavy atom. The Morgan fingerprint density at radius 2 is 1.80 bits per heavy atom. The van der Waals surface area contributed by atoms with Crippen LogP contribution in [0.4, 0.5) is 0 Å². The lowest BCUT2D eigenvalue weighted by Gasteiger charge is -2.49. The van der Waals surface area contributed by atoms with Crippen molar-refractivity contribution < 1.29 is 9.84 Å². The van der Waals surface area contributed by atoms with E-state index < -0.39 is 5.60 Å². The fourth-order valence-electron chi connectivity index (χ4n) is 4.42. The van der Waals surface area contributed by atoms with E-state index in [1.165, 1.54) is 5.56 Å². The molecule has 0 aliphatic carbocycles. The second-order valence-corrected chi connectivity index (χ2v) is 8.08. The van der Waals surface area contributed by atoms with E-state index >= 15 is 0 Å². The lowest BCUT2D eigenvalue weighted by molar-refractivity contribution is -0.136. The van der Waals surface area contributed by atoms with Crippen LogP contribution in [0.15, 0.2) is 30.3 Å². The molecule has 0 amide bonds. The molecule has 2 saturated heterocycles. The van der Waals surface area contributed by atoms with Crippen LogP contribution in [0.1, 0.15) is 39.2 Å². The number of ether oxygens (including phenoxy) is 1. The van der Waals surface area contributed by atoms with Crippen molar-refractivity contribution in [3.63, 3.8) is 0 Å². The SMILES string of the molecule is CCC1COCCC1(O)CN1C[C@H](C)N(Cc2ccccc2)C[C@H]1C. The van der Waals surface area contributed by atoms with Gasteiger partial charge in [0.05, 0.1) is 12.2 Å². The van der Waals surface area contributed by atoms with Crippen molar-refractivity contribution in [3.05, 3.63) is 35.9 Å². The van der Waals surface area contributed by atoms with Gasteiger partial charge in [-0.2, -0.15) is 0 Å². The number of piperazine rings is 1. The van der Waals surface area contributed by atoms with E-state index in [4.69, 9.17) is 4.74 Å². The summed E-state index contributed by atoms with van der Waals surface area (Å²) in [4.78, 5) is 5.07. The number of aliphatic hydroxyl groups is 1. The van der Waals surface area contributed by atoms with Crippen molar-refractivity contribution in [2.45, 2.75) is 57.8 Å². The second kappa shape index (κ2) is 8.17. The summed E-state index contributed by atoms with van der Waals surface area (Å²) in [5.74, 6) is 0.256. The van der Waals surface area contributed by atoms with Crippen LogP contribution < -0.4 is 0 Å². The van der Waals surface area contributed by atoms with Gasteiger partial charge in [-0.05, 0) is 25.8 Å². The standard InChI is InChI=1S/C21H34N2O2/c1-4-20-15-25-11-10-21(20,24)16-23-13-17(2)22(12-18(23)3)14-19-8-6-5-7-9-19/h5-9,17-18,20,24H,4,10-16H2,1-3H3/t17-,18+,20?,21?/m0/s1. The molecule has 2 fully saturated rings. The highest BCUT2D eigenvalue weighted by Crippen LogP contribution is 2.31. The van der Waals surface area contributed by atoms with Crippen molar-refractivity contribution in [2.75, 3.05) is 32.8 Å². The van der Waals surface area contributed by atoms with E-state index in [1.54, 1.807) is 0 Å². The Hall–Kier alpha value is -0.940. The zero-order valence-electron chi connectivity index (χ0n) is 16.0. The number of β-amino-alcohol motifs (C(OH)–C–C–N with tert-alkyl or cyclic N) is 1. The Morgan fingerprint density at radius 3 is 2.52 bits per heavy atom. The zero-order chi connectivity index (χ0) is 17.9. The Kier molecular flexibility index (Phi) is 6.16. The predicted molar refractivity (Wildman–Crippen MR) is 102 cm³/mol. The molecule has 4 heteroatoms. The average Bonchev–Trinajstić information content (AvgIpc) is 2.60. The molecule has 1 N–H and O–H groups in total. The highest BCUT2D eigenvalue weighted by atomic mass is 16.5. The molecule has 2 heterocycles. The van der Waals surface area contributed by atoms with E-state index in [0.717, 1.165) is 39.0 Å². The maximum atomic E-state index is 11.3. The molecule has 2 aliphatic rings. The Bertz CT molecular complexity index is 538. The second-order valence-electron chi connectivity index (χ2n) is 8.08. The minimum absolute atomic E-state index is 0.256. The summed E-state index contributed by atoms with van der Waals surface area (Å²) in [6, 6.07) is 11.7. The van der Waals surface area contributed by atoms with E-state index in [2.05, 4.69) is 60.9 Å². The summed E-state index contributed by atoms with van der Waals surface area (Å²) in [7, 11) is 0. The molecule has 2 unspecified atom stereocenters. The number of benzene rings is 1. The van der Waals surface area contributed by atoms with Crippen LogP contribution in [0.2, 0.25) is 0 Å². The van der Waals surface area contributed by atoms with Crippen molar-refractivity contribution in [1.29, 1.82) is 0 Å². The smallest absolute Gasteiger partial charge is 0.0845 e. The summed E-state index contributed by atoms with van der Waals surface area (Å²) < 4.78 is 5.60. The molecule has 0 saturated carbocycles. The van der Waals surface area contributed by atoms with Crippen LogP contribution >= 0.6 is 0 Å². The van der Waals surface area contributed by atoms with Crippen molar-refractivity contribution in [3.8, 4) is 0 Å². The van der Waals surface area contributed by atoms with E-state index in [9.17, 15) is 5.11 Å². The van der Waals surface area contributed by atoms with Crippen LogP contribution in [0, 0.1) is 5.92 Å². The molecule has 25 heavy (non-hydrogen) atoms. The molecule has 4 nitrogen and oxygen atoms in total.